The first-order valence-electron chi connectivity index (χ1n) is 9.69. The Morgan fingerprint density at radius 2 is 1.67 bits per heavy atom. The number of hydrogen-bond acceptors (Lipinski definition) is 5. The van der Waals surface area contributed by atoms with E-state index >= 15 is 0 Å². The van der Waals surface area contributed by atoms with Crippen molar-refractivity contribution in [2.45, 2.75) is 44.1 Å². The number of benzene rings is 1. The first-order valence-corrected chi connectivity index (χ1v) is 9.69. The molecule has 4 aliphatic rings. The van der Waals surface area contributed by atoms with Crippen LogP contribution in [0.2, 0.25) is 0 Å². The average Bonchev–Trinajstić information content (AvgIpc) is 2.63. The van der Waals surface area contributed by atoms with Gasteiger partial charge in [0.1, 0.15) is 5.75 Å². The standard InChI is InChI=1S/C21H25NO5/c23-11-17-3-1-2-4-18(17)26-13-20(25)27-12-19(24)22-21-8-14-5-15(9-21)7-16(6-14)10-21/h1-4,11,14-16H,5-10,12-13H2,(H,22,24). The molecule has 1 aromatic carbocycles. The number of carbonyl (C=O) groups is 3. The van der Waals surface area contributed by atoms with Crippen LogP contribution in [0.1, 0.15) is 48.9 Å². The lowest BCUT2D eigenvalue weighted by molar-refractivity contribution is -0.151. The fraction of sp³-hybridized carbons (Fsp3) is 0.571. The number of carbonyl (C=O) groups excluding carboxylic acids is 3. The van der Waals surface area contributed by atoms with Crippen molar-refractivity contribution in [1.29, 1.82) is 0 Å². The summed E-state index contributed by atoms with van der Waals surface area (Å²) in [6.07, 6.45) is 7.77. The lowest BCUT2D eigenvalue weighted by atomic mass is 9.53. The van der Waals surface area contributed by atoms with E-state index in [-0.39, 0.29) is 24.7 Å². The maximum atomic E-state index is 12.3. The number of rotatable bonds is 7. The molecule has 0 aromatic heterocycles. The molecule has 0 radical (unpaired) electrons. The lowest BCUT2D eigenvalue weighted by Gasteiger charge is -2.56. The molecule has 4 aliphatic carbocycles. The molecule has 5 rings (SSSR count). The fourth-order valence-corrected chi connectivity index (χ4v) is 5.63. The Hall–Kier alpha value is -2.37. The Labute approximate surface area is 158 Å². The van der Waals surface area contributed by atoms with Crippen LogP contribution in [0.4, 0.5) is 0 Å². The van der Waals surface area contributed by atoms with Gasteiger partial charge in [0.15, 0.2) is 19.5 Å². The van der Waals surface area contributed by atoms with Crippen molar-refractivity contribution in [1.82, 2.24) is 5.32 Å². The summed E-state index contributed by atoms with van der Waals surface area (Å²) in [6, 6.07) is 6.64. The SMILES string of the molecule is O=Cc1ccccc1OCC(=O)OCC(=O)NC12CC3CC(CC(C3)C1)C2. The minimum atomic E-state index is -0.628. The third-order valence-corrected chi connectivity index (χ3v) is 6.20. The van der Waals surface area contributed by atoms with E-state index in [1.54, 1.807) is 24.3 Å². The second-order valence-electron chi connectivity index (χ2n) is 8.35. The number of hydrogen-bond donors (Lipinski definition) is 1. The van der Waals surface area contributed by atoms with E-state index in [0.29, 0.717) is 17.6 Å². The van der Waals surface area contributed by atoms with Gasteiger partial charge in [-0.1, -0.05) is 12.1 Å². The zero-order valence-electron chi connectivity index (χ0n) is 15.3. The first-order chi connectivity index (χ1) is 13.0. The Balaban J connectivity index is 1.23. The molecule has 27 heavy (non-hydrogen) atoms. The van der Waals surface area contributed by atoms with Gasteiger partial charge in [-0.3, -0.25) is 9.59 Å². The van der Waals surface area contributed by atoms with E-state index in [9.17, 15) is 14.4 Å². The molecule has 144 valence electrons. The molecule has 0 saturated heterocycles. The van der Waals surface area contributed by atoms with Gasteiger partial charge in [0.05, 0.1) is 5.56 Å². The summed E-state index contributed by atoms with van der Waals surface area (Å²) in [4.78, 5) is 35.1. The first kappa shape index (κ1) is 18.0. The number of esters is 1. The van der Waals surface area contributed by atoms with Crippen LogP contribution in [0.25, 0.3) is 0 Å². The number of amides is 1. The maximum absolute atomic E-state index is 12.3. The van der Waals surface area contributed by atoms with Crippen LogP contribution < -0.4 is 10.1 Å². The summed E-state index contributed by atoms with van der Waals surface area (Å²) in [6.45, 7) is -0.630. The predicted molar refractivity (Wildman–Crippen MR) is 97.3 cm³/mol. The van der Waals surface area contributed by atoms with Gasteiger partial charge in [-0.05, 0) is 68.4 Å². The normalized spacial score (nSPS) is 30.6. The third kappa shape index (κ3) is 3.99. The van der Waals surface area contributed by atoms with Crippen molar-refractivity contribution in [3.63, 3.8) is 0 Å². The Morgan fingerprint density at radius 3 is 2.30 bits per heavy atom. The fourth-order valence-electron chi connectivity index (χ4n) is 5.63. The second kappa shape index (κ2) is 7.33. The van der Waals surface area contributed by atoms with Crippen LogP contribution in [-0.2, 0) is 14.3 Å². The number of ether oxygens (including phenoxy) is 2. The molecule has 4 bridgehead atoms. The number of para-hydroxylation sites is 1. The summed E-state index contributed by atoms with van der Waals surface area (Å²) in [5.41, 5.74) is 0.280. The molecule has 0 heterocycles. The monoisotopic (exact) mass is 371 g/mol. The van der Waals surface area contributed by atoms with Gasteiger partial charge in [0.2, 0.25) is 0 Å². The quantitative estimate of drug-likeness (QED) is 0.588. The largest absolute Gasteiger partial charge is 0.481 e. The molecule has 1 N–H and O–H groups in total. The van der Waals surface area contributed by atoms with Crippen molar-refractivity contribution < 1.29 is 23.9 Å². The van der Waals surface area contributed by atoms with Gasteiger partial charge in [-0.15, -0.1) is 0 Å². The average molecular weight is 371 g/mol. The molecule has 4 fully saturated rings. The minimum absolute atomic E-state index is 0.0857. The van der Waals surface area contributed by atoms with Crippen LogP contribution in [0, 0.1) is 17.8 Å². The van der Waals surface area contributed by atoms with E-state index < -0.39 is 5.97 Å². The highest BCUT2D eigenvalue weighted by Gasteiger charge is 2.51. The molecule has 0 spiro atoms. The molecule has 1 aromatic rings. The second-order valence-corrected chi connectivity index (χ2v) is 8.35. The van der Waals surface area contributed by atoms with Gasteiger partial charge in [-0.2, -0.15) is 0 Å². The zero-order chi connectivity index (χ0) is 18.9. The number of nitrogens with one attached hydrogen (secondary N) is 1. The van der Waals surface area contributed by atoms with Crippen LogP contribution in [0.15, 0.2) is 24.3 Å². The molecule has 6 nitrogen and oxygen atoms in total. The Kier molecular flexibility index (Phi) is 4.89. The molecular formula is C21H25NO5. The van der Waals surface area contributed by atoms with Gasteiger partial charge >= 0.3 is 5.97 Å². The van der Waals surface area contributed by atoms with E-state index in [1.165, 1.54) is 19.3 Å². The number of aldehydes is 1. The van der Waals surface area contributed by atoms with E-state index in [2.05, 4.69) is 5.32 Å². The van der Waals surface area contributed by atoms with Crippen LogP contribution in [0.3, 0.4) is 0 Å². The van der Waals surface area contributed by atoms with Crippen molar-refractivity contribution in [3.8, 4) is 5.75 Å². The summed E-state index contributed by atoms with van der Waals surface area (Å²) in [5, 5.41) is 3.17. The van der Waals surface area contributed by atoms with Crippen molar-refractivity contribution in [3.05, 3.63) is 29.8 Å². The van der Waals surface area contributed by atoms with Crippen molar-refractivity contribution >= 4 is 18.2 Å². The third-order valence-electron chi connectivity index (χ3n) is 6.20. The van der Waals surface area contributed by atoms with Gasteiger partial charge < -0.3 is 14.8 Å². The summed E-state index contributed by atoms with van der Waals surface area (Å²) >= 11 is 0. The van der Waals surface area contributed by atoms with Crippen molar-refractivity contribution in [2.75, 3.05) is 13.2 Å². The Bertz CT molecular complexity index is 709. The van der Waals surface area contributed by atoms with E-state index in [1.807, 2.05) is 0 Å². The Morgan fingerprint density at radius 1 is 1.04 bits per heavy atom. The molecule has 6 heteroatoms. The predicted octanol–water partition coefficient (Wildman–Crippen LogP) is 2.51. The van der Waals surface area contributed by atoms with E-state index in [0.717, 1.165) is 37.0 Å². The highest BCUT2D eigenvalue weighted by atomic mass is 16.6. The maximum Gasteiger partial charge on any atom is 0.344 e. The molecule has 1 amide bonds. The molecule has 0 atom stereocenters. The topological polar surface area (TPSA) is 81.7 Å². The smallest absolute Gasteiger partial charge is 0.344 e. The summed E-state index contributed by atoms with van der Waals surface area (Å²) in [7, 11) is 0. The molecule has 0 aliphatic heterocycles. The molecular weight excluding hydrogens is 346 g/mol. The molecule has 0 unspecified atom stereocenters. The van der Waals surface area contributed by atoms with Gasteiger partial charge in [0.25, 0.3) is 5.91 Å². The lowest BCUT2D eigenvalue weighted by Crippen LogP contribution is -2.60. The highest BCUT2D eigenvalue weighted by molar-refractivity contribution is 5.82. The summed E-state index contributed by atoms with van der Waals surface area (Å²) in [5.74, 6) is 1.68. The van der Waals surface area contributed by atoms with Gasteiger partial charge in [0, 0.05) is 5.54 Å². The van der Waals surface area contributed by atoms with Crippen LogP contribution in [0.5, 0.6) is 5.75 Å². The summed E-state index contributed by atoms with van der Waals surface area (Å²) < 4.78 is 10.4. The minimum Gasteiger partial charge on any atom is -0.481 e. The zero-order valence-corrected chi connectivity index (χ0v) is 15.3. The van der Waals surface area contributed by atoms with Crippen LogP contribution >= 0.6 is 0 Å². The van der Waals surface area contributed by atoms with Crippen molar-refractivity contribution in [2.24, 2.45) is 17.8 Å². The van der Waals surface area contributed by atoms with Crippen LogP contribution in [-0.4, -0.2) is 36.9 Å². The van der Waals surface area contributed by atoms with Gasteiger partial charge in [-0.25, -0.2) is 4.79 Å². The molecule has 4 saturated carbocycles. The van der Waals surface area contributed by atoms with E-state index in [4.69, 9.17) is 9.47 Å². The highest BCUT2D eigenvalue weighted by Crippen LogP contribution is 2.55.